The molecule has 26 heavy (non-hydrogen) atoms. The van der Waals surface area contributed by atoms with Gasteiger partial charge in [0.05, 0.1) is 0 Å². The molecule has 1 aliphatic heterocycles. The minimum absolute atomic E-state index is 0.00544. The summed E-state index contributed by atoms with van der Waals surface area (Å²) < 4.78 is 0. The highest BCUT2D eigenvalue weighted by molar-refractivity contribution is 6.31. The largest absolute Gasteiger partial charge is 0.329 e. The summed E-state index contributed by atoms with van der Waals surface area (Å²) >= 11 is 6.34. The summed E-state index contributed by atoms with van der Waals surface area (Å²) in [4.78, 5) is 25.4. The summed E-state index contributed by atoms with van der Waals surface area (Å²) in [7, 11) is 0. The molecule has 1 amide bonds. The Balaban J connectivity index is 1.76. The van der Waals surface area contributed by atoms with E-state index in [1.54, 1.807) is 0 Å². The van der Waals surface area contributed by atoms with Crippen LogP contribution in [0.25, 0.3) is 0 Å². The zero-order valence-electron chi connectivity index (χ0n) is 14.6. The molecule has 1 N–H and O–H groups in total. The van der Waals surface area contributed by atoms with Gasteiger partial charge in [-0.1, -0.05) is 54.1 Å². The Kier molecular flexibility index (Phi) is 4.41. The van der Waals surface area contributed by atoms with E-state index in [1.165, 1.54) is 0 Å². The average Bonchev–Trinajstić information content (AvgIpc) is 2.61. The van der Waals surface area contributed by atoms with Gasteiger partial charge in [-0.25, -0.2) is 0 Å². The number of halogens is 1. The number of amides is 1. The molecule has 1 heterocycles. The second kappa shape index (κ2) is 6.73. The molecule has 0 unspecified atom stereocenters. The average molecular weight is 366 g/mol. The molecule has 0 aromatic heterocycles. The predicted molar refractivity (Wildman–Crippen MR) is 102 cm³/mol. The topological polar surface area (TPSA) is 46.2 Å². The van der Waals surface area contributed by atoms with E-state index < -0.39 is 0 Å². The van der Waals surface area contributed by atoms with E-state index in [0.29, 0.717) is 24.3 Å². The van der Waals surface area contributed by atoms with Crippen LogP contribution in [-0.4, -0.2) is 11.7 Å². The van der Waals surface area contributed by atoms with Gasteiger partial charge in [0.2, 0.25) is 5.91 Å². The summed E-state index contributed by atoms with van der Waals surface area (Å²) in [5.74, 6) is -0.0560. The van der Waals surface area contributed by atoms with Crippen molar-refractivity contribution in [3.05, 3.63) is 81.5 Å². The molecule has 2 aromatic rings. The minimum Gasteiger partial charge on any atom is -0.329 e. The van der Waals surface area contributed by atoms with Crippen LogP contribution in [0.15, 0.2) is 59.8 Å². The lowest BCUT2D eigenvalue weighted by Gasteiger charge is -2.35. The Bertz CT molecular complexity index is 931. The molecule has 4 heteroatoms. The number of Topliss-reactive ketones (excluding diaryl/α,β-unsaturated/α-hetero) is 1. The highest BCUT2D eigenvalue weighted by Gasteiger charge is 2.38. The maximum atomic E-state index is 13.1. The van der Waals surface area contributed by atoms with Crippen molar-refractivity contribution in [2.45, 2.75) is 38.0 Å². The normalized spacial score (nSPS) is 22.8. The minimum atomic E-state index is -0.153. The van der Waals surface area contributed by atoms with Crippen molar-refractivity contribution < 1.29 is 9.59 Å². The van der Waals surface area contributed by atoms with Crippen LogP contribution >= 0.6 is 11.6 Å². The number of ketones is 1. The zero-order chi connectivity index (χ0) is 18.3. The highest BCUT2D eigenvalue weighted by atomic mass is 35.5. The lowest BCUT2D eigenvalue weighted by molar-refractivity contribution is -0.122. The van der Waals surface area contributed by atoms with E-state index in [4.69, 9.17) is 11.6 Å². The second-order valence-corrected chi connectivity index (χ2v) is 7.51. The number of nitrogens with one attached hydrogen (secondary N) is 1. The molecule has 0 radical (unpaired) electrons. The third-order valence-corrected chi connectivity index (χ3v) is 5.79. The van der Waals surface area contributed by atoms with Crippen LogP contribution < -0.4 is 5.32 Å². The van der Waals surface area contributed by atoms with E-state index in [0.717, 1.165) is 28.0 Å². The number of carbonyl (C=O) groups is 2. The molecule has 0 saturated carbocycles. The van der Waals surface area contributed by atoms with Crippen LogP contribution in [0.2, 0.25) is 5.02 Å². The summed E-state index contributed by atoms with van der Waals surface area (Å²) in [5.41, 5.74) is 4.71. The van der Waals surface area contributed by atoms with Crippen molar-refractivity contribution >= 4 is 23.3 Å². The van der Waals surface area contributed by atoms with Crippen molar-refractivity contribution in [2.75, 3.05) is 0 Å². The Morgan fingerprint density at radius 3 is 2.35 bits per heavy atom. The lowest BCUT2D eigenvalue weighted by atomic mass is 9.73. The summed E-state index contributed by atoms with van der Waals surface area (Å²) in [6, 6.07) is 15.6. The molecule has 0 bridgehead atoms. The molecule has 0 spiro atoms. The maximum Gasteiger partial charge on any atom is 0.225 e. The van der Waals surface area contributed by atoms with Crippen molar-refractivity contribution in [1.82, 2.24) is 5.32 Å². The molecular formula is C22H20ClNO2. The van der Waals surface area contributed by atoms with Gasteiger partial charge in [-0.05, 0) is 42.0 Å². The van der Waals surface area contributed by atoms with Gasteiger partial charge in [0.25, 0.3) is 0 Å². The van der Waals surface area contributed by atoms with Crippen LogP contribution in [0, 0.1) is 6.92 Å². The van der Waals surface area contributed by atoms with Crippen molar-refractivity contribution in [3.8, 4) is 0 Å². The number of hydrogen-bond donors (Lipinski definition) is 1. The van der Waals surface area contributed by atoms with Gasteiger partial charge in [-0.3, -0.25) is 9.59 Å². The molecule has 2 aromatic carbocycles. The second-order valence-electron chi connectivity index (χ2n) is 7.10. The third kappa shape index (κ3) is 2.97. The fourth-order valence-corrected chi connectivity index (χ4v) is 4.52. The third-order valence-electron chi connectivity index (χ3n) is 5.45. The highest BCUT2D eigenvalue weighted by Crippen LogP contribution is 2.44. The SMILES string of the molecule is Cc1ccccc1[C@@H]1CC(=O)NC2=C1C(=O)C[C@@H](c1ccccc1Cl)C2. The first kappa shape index (κ1) is 17.0. The van der Waals surface area contributed by atoms with E-state index in [1.807, 2.05) is 55.5 Å². The van der Waals surface area contributed by atoms with Crippen molar-refractivity contribution in [1.29, 1.82) is 0 Å². The smallest absolute Gasteiger partial charge is 0.225 e. The number of aryl methyl sites for hydroxylation is 1. The van der Waals surface area contributed by atoms with Gasteiger partial charge in [-0.2, -0.15) is 0 Å². The maximum absolute atomic E-state index is 13.1. The van der Waals surface area contributed by atoms with Gasteiger partial charge in [0.1, 0.15) is 0 Å². The molecule has 0 saturated heterocycles. The van der Waals surface area contributed by atoms with Crippen LogP contribution in [0.3, 0.4) is 0 Å². The van der Waals surface area contributed by atoms with Gasteiger partial charge < -0.3 is 5.32 Å². The van der Waals surface area contributed by atoms with Crippen molar-refractivity contribution in [3.63, 3.8) is 0 Å². The first-order valence-electron chi connectivity index (χ1n) is 8.90. The van der Waals surface area contributed by atoms with Crippen LogP contribution in [0.5, 0.6) is 0 Å². The Labute approximate surface area is 158 Å². The summed E-state index contributed by atoms with van der Waals surface area (Å²) in [5, 5.41) is 3.64. The van der Waals surface area contributed by atoms with Crippen LogP contribution in [0.1, 0.15) is 47.8 Å². The molecule has 3 nitrogen and oxygen atoms in total. The number of hydrogen-bond acceptors (Lipinski definition) is 2. The zero-order valence-corrected chi connectivity index (χ0v) is 15.3. The summed E-state index contributed by atoms with van der Waals surface area (Å²) in [6.07, 6.45) is 1.39. The van der Waals surface area contributed by atoms with Gasteiger partial charge >= 0.3 is 0 Å². The Hall–Kier alpha value is -2.39. The van der Waals surface area contributed by atoms with Gasteiger partial charge in [0, 0.05) is 35.1 Å². The van der Waals surface area contributed by atoms with Crippen LogP contribution in [-0.2, 0) is 9.59 Å². The molecule has 0 fully saturated rings. The predicted octanol–water partition coefficient (Wildman–Crippen LogP) is 4.65. The molecule has 4 rings (SSSR count). The fourth-order valence-electron chi connectivity index (χ4n) is 4.23. The van der Waals surface area contributed by atoms with E-state index in [9.17, 15) is 9.59 Å². The van der Waals surface area contributed by atoms with Crippen molar-refractivity contribution in [2.24, 2.45) is 0 Å². The first-order valence-corrected chi connectivity index (χ1v) is 9.28. The number of carbonyl (C=O) groups excluding carboxylic acids is 2. The van der Waals surface area contributed by atoms with Crippen LogP contribution in [0.4, 0.5) is 0 Å². The fraction of sp³-hybridized carbons (Fsp3) is 0.273. The number of benzene rings is 2. The van der Waals surface area contributed by atoms with E-state index >= 15 is 0 Å². The number of rotatable bonds is 2. The number of allylic oxidation sites excluding steroid dienone is 2. The molecule has 132 valence electrons. The van der Waals surface area contributed by atoms with E-state index in [2.05, 4.69) is 5.32 Å². The van der Waals surface area contributed by atoms with E-state index in [-0.39, 0.29) is 23.5 Å². The van der Waals surface area contributed by atoms with Gasteiger partial charge in [-0.15, -0.1) is 0 Å². The monoisotopic (exact) mass is 365 g/mol. The summed E-state index contributed by atoms with van der Waals surface area (Å²) in [6.45, 7) is 2.03. The standard InChI is InChI=1S/C22H20ClNO2/c1-13-6-2-3-7-15(13)17-12-21(26)24-19-10-14(11-20(25)22(17)19)16-8-4-5-9-18(16)23/h2-9,14,17H,10-12H2,1H3,(H,24,26)/t14-,17-/m0/s1. The Morgan fingerprint density at radius 2 is 1.62 bits per heavy atom. The molecular weight excluding hydrogens is 346 g/mol. The molecule has 1 aliphatic carbocycles. The Morgan fingerprint density at radius 1 is 0.923 bits per heavy atom. The first-order chi connectivity index (χ1) is 12.5. The quantitative estimate of drug-likeness (QED) is 0.841. The molecule has 2 atom stereocenters. The van der Waals surface area contributed by atoms with Gasteiger partial charge in [0.15, 0.2) is 5.78 Å². The lowest BCUT2D eigenvalue weighted by Crippen LogP contribution is -2.38. The molecule has 2 aliphatic rings.